The summed E-state index contributed by atoms with van der Waals surface area (Å²) in [6.45, 7) is 4.73. The number of anilines is 1. The van der Waals surface area contributed by atoms with Crippen LogP contribution in [0.15, 0.2) is 60.7 Å². The molecule has 2 amide bonds. The van der Waals surface area contributed by atoms with Gasteiger partial charge in [-0.3, -0.25) is 9.59 Å². The zero-order chi connectivity index (χ0) is 20.6. The molecule has 3 rings (SSSR count). The van der Waals surface area contributed by atoms with Crippen LogP contribution >= 0.6 is 0 Å². The Labute approximate surface area is 169 Å². The lowest BCUT2D eigenvalue weighted by molar-refractivity contribution is -0.115. The number of aromatic nitrogens is 2. The minimum Gasteiger partial charge on any atom is -0.494 e. The third-order valence-corrected chi connectivity index (χ3v) is 4.18. The van der Waals surface area contributed by atoms with E-state index in [0.29, 0.717) is 30.3 Å². The van der Waals surface area contributed by atoms with E-state index in [1.54, 1.807) is 35.0 Å². The average Bonchev–Trinajstić information content (AvgIpc) is 3.06. The lowest BCUT2D eigenvalue weighted by atomic mass is 10.2. The summed E-state index contributed by atoms with van der Waals surface area (Å²) >= 11 is 0. The molecule has 150 valence electrons. The lowest BCUT2D eigenvalue weighted by Gasteiger charge is -2.10. The van der Waals surface area contributed by atoms with Crippen LogP contribution in [0.1, 0.15) is 28.5 Å². The van der Waals surface area contributed by atoms with Gasteiger partial charge in [0.1, 0.15) is 11.6 Å². The average molecular weight is 392 g/mol. The highest BCUT2D eigenvalue weighted by atomic mass is 16.5. The van der Waals surface area contributed by atoms with E-state index < -0.39 is 0 Å². The summed E-state index contributed by atoms with van der Waals surface area (Å²) < 4.78 is 7.09. The summed E-state index contributed by atoms with van der Waals surface area (Å²) in [5, 5.41) is 9.86. The smallest absolute Gasteiger partial charge is 0.251 e. The molecule has 0 spiro atoms. The Hall–Kier alpha value is -3.61. The molecule has 3 aromatic rings. The number of aryl methyl sites for hydroxylation is 1. The molecule has 29 heavy (non-hydrogen) atoms. The maximum atomic E-state index is 12.3. The van der Waals surface area contributed by atoms with E-state index in [1.165, 1.54) is 0 Å². The zero-order valence-corrected chi connectivity index (χ0v) is 16.5. The van der Waals surface area contributed by atoms with Crippen LogP contribution in [0.3, 0.4) is 0 Å². The van der Waals surface area contributed by atoms with Crippen LogP contribution in [-0.2, 0) is 11.3 Å². The number of rotatable bonds is 8. The highest BCUT2D eigenvalue weighted by Crippen LogP contribution is 2.14. The van der Waals surface area contributed by atoms with E-state index in [9.17, 15) is 9.59 Å². The van der Waals surface area contributed by atoms with E-state index in [1.807, 2.05) is 44.2 Å². The van der Waals surface area contributed by atoms with Gasteiger partial charge < -0.3 is 15.4 Å². The Balaban J connectivity index is 1.56. The highest BCUT2D eigenvalue weighted by molar-refractivity contribution is 5.99. The first kappa shape index (κ1) is 20.1. The molecule has 0 saturated heterocycles. The number of ether oxygens (including phenoxy) is 1. The molecule has 2 aromatic carbocycles. The minimum absolute atomic E-state index is 0.137. The molecule has 7 heteroatoms. The topological polar surface area (TPSA) is 85.2 Å². The summed E-state index contributed by atoms with van der Waals surface area (Å²) in [7, 11) is 0. The van der Waals surface area contributed by atoms with Crippen molar-refractivity contribution >= 4 is 17.6 Å². The Kier molecular flexibility index (Phi) is 6.63. The number of hydrogen-bond donors (Lipinski definition) is 2. The molecule has 1 heterocycles. The molecule has 0 unspecified atom stereocenters. The van der Waals surface area contributed by atoms with Crippen molar-refractivity contribution in [2.45, 2.75) is 20.4 Å². The number of benzene rings is 2. The molecule has 0 aliphatic rings. The molecular weight excluding hydrogens is 368 g/mol. The van der Waals surface area contributed by atoms with Crippen molar-refractivity contribution in [2.75, 3.05) is 18.5 Å². The minimum atomic E-state index is -0.322. The van der Waals surface area contributed by atoms with Gasteiger partial charge in [0.15, 0.2) is 0 Å². The Bertz CT molecular complexity index is 965. The number of hydrogen-bond acceptors (Lipinski definition) is 4. The van der Waals surface area contributed by atoms with Gasteiger partial charge in [-0.05, 0) is 43.7 Å². The van der Waals surface area contributed by atoms with Gasteiger partial charge in [-0.2, -0.15) is 5.10 Å². The van der Waals surface area contributed by atoms with Crippen LogP contribution in [0.4, 0.5) is 5.82 Å². The van der Waals surface area contributed by atoms with Crippen LogP contribution in [0.5, 0.6) is 5.75 Å². The van der Waals surface area contributed by atoms with Crippen molar-refractivity contribution in [3.05, 3.63) is 77.5 Å². The molecule has 1 aromatic heterocycles. The van der Waals surface area contributed by atoms with Gasteiger partial charge >= 0.3 is 0 Å². The largest absolute Gasteiger partial charge is 0.494 e. The first-order valence-corrected chi connectivity index (χ1v) is 9.44. The number of carbonyl (C=O) groups excluding carboxylic acids is 2. The third kappa shape index (κ3) is 5.68. The molecule has 0 aliphatic carbocycles. The Morgan fingerprint density at radius 2 is 1.79 bits per heavy atom. The molecular formula is C22H24N4O3. The van der Waals surface area contributed by atoms with E-state index in [0.717, 1.165) is 11.3 Å². The van der Waals surface area contributed by atoms with E-state index in [2.05, 4.69) is 15.7 Å². The molecule has 7 nitrogen and oxygen atoms in total. The number of amides is 2. The molecule has 0 bridgehead atoms. The number of nitrogens with zero attached hydrogens (tertiary/aromatic N) is 2. The summed E-state index contributed by atoms with van der Waals surface area (Å²) in [6.07, 6.45) is 0. The molecule has 0 aliphatic heterocycles. The van der Waals surface area contributed by atoms with E-state index in [-0.39, 0.29) is 18.4 Å². The first-order valence-electron chi connectivity index (χ1n) is 9.44. The summed E-state index contributed by atoms with van der Waals surface area (Å²) in [5.74, 6) is 0.645. The van der Waals surface area contributed by atoms with Gasteiger partial charge in [0.05, 0.1) is 25.4 Å². The van der Waals surface area contributed by atoms with Crippen LogP contribution in [0.2, 0.25) is 0 Å². The molecule has 0 atom stereocenters. The predicted molar refractivity (Wildman–Crippen MR) is 111 cm³/mol. The van der Waals surface area contributed by atoms with Crippen molar-refractivity contribution in [1.82, 2.24) is 15.1 Å². The third-order valence-electron chi connectivity index (χ3n) is 4.18. The standard InChI is InChI=1S/C22H24N4O3/c1-3-29-19-11-9-18(10-12-19)22(28)23-14-21(27)24-20-13-16(2)25-26(20)15-17-7-5-4-6-8-17/h4-13H,3,14-15H2,1-2H3,(H,23,28)(H,24,27). The number of nitrogens with one attached hydrogen (secondary N) is 2. The molecule has 2 N–H and O–H groups in total. The van der Waals surface area contributed by atoms with Gasteiger partial charge in [-0.15, -0.1) is 0 Å². The highest BCUT2D eigenvalue weighted by Gasteiger charge is 2.12. The molecule has 0 fully saturated rings. The van der Waals surface area contributed by atoms with Crippen molar-refractivity contribution in [3.8, 4) is 5.75 Å². The normalized spacial score (nSPS) is 10.4. The number of carbonyl (C=O) groups is 2. The quantitative estimate of drug-likeness (QED) is 0.617. The summed E-state index contributed by atoms with van der Waals surface area (Å²) in [6, 6.07) is 18.4. The SMILES string of the molecule is CCOc1ccc(C(=O)NCC(=O)Nc2cc(C)nn2Cc2ccccc2)cc1. The zero-order valence-electron chi connectivity index (χ0n) is 16.5. The second kappa shape index (κ2) is 9.54. The summed E-state index contributed by atoms with van der Waals surface area (Å²) in [5.41, 5.74) is 2.34. The Morgan fingerprint density at radius 1 is 1.07 bits per heavy atom. The van der Waals surface area contributed by atoms with Crippen molar-refractivity contribution < 1.29 is 14.3 Å². The maximum absolute atomic E-state index is 12.3. The first-order chi connectivity index (χ1) is 14.0. The van der Waals surface area contributed by atoms with Crippen molar-refractivity contribution in [2.24, 2.45) is 0 Å². The second-order valence-corrected chi connectivity index (χ2v) is 6.50. The maximum Gasteiger partial charge on any atom is 0.251 e. The molecule has 0 saturated carbocycles. The van der Waals surface area contributed by atoms with Gasteiger partial charge in [0.25, 0.3) is 5.91 Å². The van der Waals surface area contributed by atoms with E-state index >= 15 is 0 Å². The fraction of sp³-hybridized carbons (Fsp3) is 0.227. The van der Waals surface area contributed by atoms with Crippen LogP contribution < -0.4 is 15.4 Å². The van der Waals surface area contributed by atoms with Crippen molar-refractivity contribution in [1.29, 1.82) is 0 Å². The summed E-state index contributed by atoms with van der Waals surface area (Å²) in [4.78, 5) is 24.5. The van der Waals surface area contributed by atoms with Crippen molar-refractivity contribution in [3.63, 3.8) is 0 Å². The fourth-order valence-electron chi connectivity index (χ4n) is 2.84. The monoisotopic (exact) mass is 392 g/mol. The van der Waals surface area contributed by atoms with Crippen LogP contribution in [0, 0.1) is 6.92 Å². The van der Waals surface area contributed by atoms with Gasteiger partial charge in [0.2, 0.25) is 5.91 Å². The van der Waals surface area contributed by atoms with Gasteiger partial charge in [-0.1, -0.05) is 30.3 Å². The molecule has 0 radical (unpaired) electrons. The lowest BCUT2D eigenvalue weighted by Crippen LogP contribution is -2.33. The fourth-order valence-corrected chi connectivity index (χ4v) is 2.84. The second-order valence-electron chi connectivity index (χ2n) is 6.50. The van der Waals surface area contributed by atoms with Crippen LogP contribution in [0.25, 0.3) is 0 Å². The van der Waals surface area contributed by atoms with Crippen LogP contribution in [-0.4, -0.2) is 34.7 Å². The van der Waals surface area contributed by atoms with E-state index in [4.69, 9.17) is 4.74 Å². The predicted octanol–water partition coefficient (Wildman–Crippen LogP) is 3.01. The van der Waals surface area contributed by atoms with Gasteiger partial charge in [0, 0.05) is 11.6 Å². The Morgan fingerprint density at radius 3 is 2.48 bits per heavy atom. The van der Waals surface area contributed by atoms with Gasteiger partial charge in [-0.25, -0.2) is 4.68 Å².